The standard InChI is InChI=1S/C22H24F2N2O5/c1-26(13-14-8-9-17(31-22(23)24)19(11-14)29-2)21(28)15-5-3-6-16(12-15)25-20(27)18-7-4-10-30-18/h3,5-6,8-9,11-12,18,22H,4,7,10,13H2,1-2H3,(H,25,27). The molecule has 2 aromatic rings. The Morgan fingerprint density at radius 2 is 2.03 bits per heavy atom. The molecule has 0 bridgehead atoms. The van der Waals surface area contributed by atoms with E-state index in [1.807, 2.05) is 0 Å². The van der Waals surface area contributed by atoms with Crippen molar-refractivity contribution in [2.45, 2.75) is 32.1 Å². The molecule has 2 amide bonds. The SMILES string of the molecule is COc1cc(CN(C)C(=O)c2cccc(NC(=O)C3CCCO3)c2)ccc1OC(F)F. The van der Waals surface area contributed by atoms with Crippen LogP contribution in [-0.2, 0) is 16.1 Å². The van der Waals surface area contributed by atoms with E-state index in [1.54, 1.807) is 43.4 Å². The maximum absolute atomic E-state index is 12.8. The number of nitrogens with one attached hydrogen (secondary N) is 1. The second-order valence-corrected chi connectivity index (χ2v) is 7.10. The summed E-state index contributed by atoms with van der Waals surface area (Å²) in [5.41, 5.74) is 1.59. The molecular weight excluding hydrogens is 410 g/mol. The van der Waals surface area contributed by atoms with Gasteiger partial charge in [0.25, 0.3) is 11.8 Å². The summed E-state index contributed by atoms with van der Waals surface area (Å²) in [6, 6.07) is 11.1. The minimum atomic E-state index is -2.96. The van der Waals surface area contributed by atoms with Crippen molar-refractivity contribution in [3.63, 3.8) is 0 Å². The molecule has 0 saturated carbocycles. The summed E-state index contributed by atoms with van der Waals surface area (Å²) in [5.74, 6) is -0.420. The Labute approximate surface area is 178 Å². The number of nitrogens with zero attached hydrogens (tertiary/aromatic N) is 1. The minimum absolute atomic E-state index is 0.0788. The van der Waals surface area contributed by atoms with E-state index >= 15 is 0 Å². The lowest BCUT2D eigenvalue weighted by Gasteiger charge is -2.19. The fraction of sp³-hybridized carbons (Fsp3) is 0.364. The third-order valence-corrected chi connectivity index (χ3v) is 4.81. The van der Waals surface area contributed by atoms with Crippen LogP contribution in [0.4, 0.5) is 14.5 Å². The zero-order valence-electron chi connectivity index (χ0n) is 17.3. The Morgan fingerprint density at radius 1 is 1.23 bits per heavy atom. The number of carbonyl (C=O) groups is 2. The van der Waals surface area contributed by atoms with Crippen LogP contribution in [0.25, 0.3) is 0 Å². The average Bonchev–Trinajstić information content (AvgIpc) is 3.29. The van der Waals surface area contributed by atoms with Crippen LogP contribution in [0, 0.1) is 0 Å². The fourth-order valence-corrected chi connectivity index (χ4v) is 3.31. The van der Waals surface area contributed by atoms with Gasteiger partial charge in [0.05, 0.1) is 7.11 Å². The first kappa shape index (κ1) is 22.5. The monoisotopic (exact) mass is 434 g/mol. The van der Waals surface area contributed by atoms with Crippen molar-refractivity contribution in [2.24, 2.45) is 0 Å². The maximum Gasteiger partial charge on any atom is 0.387 e. The summed E-state index contributed by atoms with van der Waals surface area (Å²) >= 11 is 0. The van der Waals surface area contributed by atoms with Gasteiger partial charge in [0.1, 0.15) is 6.10 Å². The van der Waals surface area contributed by atoms with Crippen LogP contribution >= 0.6 is 0 Å². The van der Waals surface area contributed by atoms with Gasteiger partial charge in [0, 0.05) is 31.5 Å². The van der Waals surface area contributed by atoms with E-state index in [1.165, 1.54) is 18.1 Å². The Balaban J connectivity index is 1.66. The molecular formula is C22H24F2N2O5. The molecule has 7 nitrogen and oxygen atoms in total. The van der Waals surface area contributed by atoms with Crippen LogP contribution in [0.1, 0.15) is 28.8 Å². The highest BCUT2D eigenvalue weighted by Crippen LogP contribution is 2.30. The Bertz CT molecular complexity index is 932. The van der Waals surface area contributed by atoms with Gasteiger partial charge in [-0.25, -0.2) is 0 Å². The number of benzene rings is 2. The smallest absolute Gasteiger partial charge is 0.387 e. The van der Waals surface area contributed by atoms with E-state index in [0.717, 1.165) is 6.42 Å². The lowest BCUT2D eigenvalue weighted by atomic mass is 10.1. The molecule has 1 atom stereocenters. The molecule has 0 radical (unpaired) electrons. The highest BCUT2D eigenvalue weighted by atomic mass is 19.3. The van der Waals surface area contributed by atoms with Gasteiger partial charge in [0.2, 0.25) is 0 Å². The number of hydrogen-bond acceptors (Lipinski definition) is 5. The molecule has 1 unspecified atom stereocenters. The Hall–Kier alpha value is -3.20. The molecule has 1 N–H and O–H groups in total. The molecule has 166 valence electrons. The summed E-state index contributed by atoms with van der Waals surface area (Å²) in [7, 11) is 2.97. The van der Waals surface area contributed by atoms with E-state index in [-0.39, 0.29) is 29.9 Å². The normalized spacial score (nSPS) is 15.6. The van der Waals surface area contributed by atoms with Crippen LogP contribution in [0.5, 0.6) is 11.5 Å². The number of carbonyl (C=O) groups excluding carboxylic acids is 2. The lowest BCUT2D eigenvalue weighted by molar-refractivity contribution is -0.124. The van der Waals surface area contributed by atoms with Gasteiger partial charge in [-0.1, -0.05) is 12.1 Å². The number of halogens is 2. The number of ether oxygens (including phenoxy) is 3. The first-order valence-corrected chi connectivity index (χ1v) is 9.77. The molecule has 1 fully saturated rings. The van der Waals surface area contributed by atoms with Crippen molar-refractivity contribution in [3.05, 3.63) is 53.6 Å². The number of methoxy groups -OCH3 is 1. The van der Waals surface area contributed by atoms with Gasteiger partial charge >= 0.3 is 6.61 Å². The number of amides is 2. The quantitative estimate of drug-likeness (QED) is 0.686. The zero-order valence-corrected chi connectivity index (χ0v) is 17.3. The van der Waals surface area contributed by atoms with Crippen molar-refractivity contribution in [2.75, 3.05) is 26.1 Å². The van der Waals surface area contributed by atoms with Crippen molar-refractivity contribution in [3.8, 4) is 11.5 Å². The number of alkyl halides is 2. The van der Waals surface area contributed by atoms with Crippen molar-refractivity contribution < 1.29 is 32.6 Å². The molecule has 2 aromatic carbocycles. The predicted octanol–water partition coefficient (Wildman–Crippen LogP) is 3.69. The van der Waals surface area contributed by atoms with Crippen molar-refractivity contribution >= 4 is 17.5 Å². The van der Waals surface area contributed by atoms with E-state index in [2.05, 4.69) is 10.1 Å². The summed E-state index contributed by atoms with van der Waals surface area (Å²) in [6.07, 6.45) is 1.06. The van der Waals surface area contributed by atoms with Crippen LogP contribution in [0.2, 0.25) is 0 Å². The molecule has 9 heteroatoms. The van der Waals surface area contributed by atoms with Crippen LogP contribution in [0.15, 0.2) is 42.5 Å². The number of anilines is 1. The first-order valence-electron chi connectivity index (χ1n) is 9.77. The summed E-state index contributed by atoms with van der Waals surface area (Å²) in [4.78, 5) is 26.5. The Kier molecular flexibility index (Phi) is 7.41. The topological polar surface area (TPSA) is 77.1 Å². The third kappa shape index (κ3) is 5.91. The lowest BCUT2D eigenvalue weighted by Crippen LogP contribution is -2.28. The molecule has 1 aliphatic rings. The second-order valence-electron chi connectivity index (χ2n) is 7.10. The van der Waals surface area contributed by atoms with Crippen LogP contribution in [-0.4, -0.2) is 50.2 Å². The summed E-state index contributed by atoms with van der Waals surface area (Å²) < 4.78 is 39.8. The van der Waals surface area contributed by atoms with E-state index < -0.39 is 12.7 Å². The van der Waals surface area contributed by atoms with E-state index in [9.17, 15) is 18.4 Å². The highest BCUT2D eigenvalue weighted by Gasteiger charge is 2.24. The molecule has 31 heavy (non-hydrogen) atoms. The van der Waals surface area contributed by atoms with Gasteiger partial charge < -0.3 is 24.4 Å². The van der Waals surface area contributed by atoms with Gasteiger partial charge in [-0.15, -0.1) is 0 Å². The largest absolute Gasteiger partial charge is 0.493 e. The van der Waals surface area contributed by atoms with E-state index in [0.29, 0.717) is 29.8 Å². The van der Waals surface area contributed by atoms with Gasteiger partial charge in [-0.05, 0) is 48.7 Å². The zero-order chi connectivity index (χ0) is 22.4. The van der Waals surface area contributed by atoms with Crippen molar-refractivity contribution in [1.29, 1.82) is 0 Å². The minimum Gasteiger partial charge on any atom is -0.493 e. The van der Waals surface area contributed by atoms with Gasteiger partial charge in [-0.3, -0.25) is 9.59 Å². The van der Waals surface area contributed by atoms with Gasteiger partial charge in [-0.2, -0.15) is 8.78 Å². The molecule has 0 aromatic heterocycles. The van der Waals surface area contributed by atoms with Gasteiger partial charge in [0.15, 0.2) is 11.5 Å². The molecule has 1 saturated heterocycles. The van der Waals surface area contributed by atoms with Crippen molar-refractivity contribution in [1.82, 2.24) is 4.90 Å². The summed E-state index contributed by atoms with van der Waals surface area (Å²) in [6.45, 7) is -2.17. The Morgan fingerprint density at radius 3 is 2.71 bits per heavy atom. The highest BCUT2D eigenvalue weighted by molar-refractivity contribution is 5.98. The number of rotatable bonds is 8. The number of hydrogen-bond donors (Lipinski definition) is 1. The fourth-order valence-electron chi connectivity index (χ4n) is 3.31. The second kappa shape index (κ2) is 10.2. The maximum atomic E-state index is 12.8. The molecule has 1 heterocycles. The van der Waals surface area contributed by atoms with E-state index in [4.69, 9.17) is 9.47 Å². The molecule has 1 aliphatic heterocycles. The summed E-state index contributed by atoms with van der Waals surface area (Å²) in [5, 5.41) is 2.78. The van der Waals surface area contributed by atoms with Crippen LogP contribution < -0.4 is 14.8 Å². The first-order chi connectivity index (χ1) is 14.9. The molecule has 3 rings (SSSR count). The predicted molar refractivity (Wildman–Crippen MR) is 109 cm³/mol. The third-order valence-electron chi connectivity index (χ3n) is 4.81. The van der Waals surface area contributed by atoms with Crippen LogP contribution in [0.3, 0.4) is 0 Å². The molecule has 0 aliphatic carbocycles. The molecule has 0 spiro atoms. The average molecular weight is 434 g/mol.